The first kappa shape index (κ1) is 19.1. The van der Waals surface area contributed by atoms with Gasteiger partial charge >= 0.3 is 0 Å². The van der Waals surface area contributed by atoms with Gasteiger partial charge in [0.15, 0.2) is 5.13 Å². The Balaban J connectivity index is 1.64. The second kappa shape index (κ2) is 7.00. The van der Waals surface area contributed by atoms with E-state index in [4.69, 9.17) is 16.3 Å². The lowest BCUT2D eigenvalue weighted by atomic mass is 9.80. The number of anilines is 1. The molecule has 9 heteroatoms. The highest BCUT2D eigenvalue weighted by Gasteiger charge is 2.32. The molecule has 0 amide bonds. The average molecular weight is 443 g/mol. The van der Waals surface area contributed by atoms with Gasteiger partial charge in [-0.15, -0.1) is 22.7 Å². The molecule has 3 aromatic rings. The molecule has 5 nitrogen and oxygen atoms in total. The molecule has 0 unspecified atom stereocenters. The first-order valence-electron chi connectivity index (χ1n) is 8.54. The van der Waals surface area contributed by atoms with Gasteiger partial charge in [0.05, 0.1) is 5.69 Å². The van der Waals surface area contributed by atoms with Gasteiger partial charge in [-0.1, -0.05) is 18.5 Å². The predicted molar refractivity (Wildman–Crippen MR) is 112 cm³/mol. The van der Waals surface area contributed by atoms with E-state index in [1.54, 1.807) is 19.1 Å². The maximum absolute atomic E-state index is 13.0. The molecule has 1 aromatic carbocycles. The minimum atomic E-state index is -3.71. The number of thiazole rings is 1. The van der Waals surface area contributed by atoms with Crippen LogP contribution in [-0.2, 0) is 20.2 Å². The van der Waals surface area contributed by atoms with Crippen LogP contribution < -0.4 is 4.72 Å². The first-order valence-corrected chi connectivity index (χ1v) is 12.1. The fraction of sp³-hybridized carbons (Fsp3) is 0.389. The molecule has 2 aromatic heterocycles. The molecule has 1 fully saturated rings. The molecule has 1 saturated heterocycles. The quantitative estimate of drug-likeness (QED) is 0.603. The lowest BCUT2D eigenvalue weighted by molar-refractivity contribution is 0.0553. The van der Waals surface area contributed by atoms with Gasteiger partial charge in [0.1, 0.15) is 4.21 Å². The fourth-order valence-corrected chi connectivity index (χ4v) is 7.30. The number of hydrogen-bond acceptors (Lipinski definition) is 6. The zero-order valence-electron chi connectivity index (χ0n) is 14.9. The first-order chi connectivity index (χ1) is 12.8. The molecule has 1 N–H and O–H groups in total. The predicted octanol–water partition coefficient (Wildman–Crippen LogP) is 5.19. The molecule has 0 atom stereocenters. The number of fused-ring (bicyclic) bond motifs is 1. The number of hydrogen-bond donors (Lipinski definition) is 1. The smallest absolute Gasteiger partial charge is 0.273 e. The number of thiophene rings is 1. The molecule has 144 valence electrons. The van der Waals surface area contributed by atoms with Gasteiger partial charge in [0.2, 0.25) is 0 Å². The van der Waals surface area contributed by atoms with Crippen molar-refractivity contribution in [1.82, 2.24) is 4.98 Å². The molecule has 0 spiro atoms. The highest BCUT2D eigenvalue weighted by molar-refractivity contribution is 7.95. The number of aromatic nitrogens is 1. The largest absolute Gasteiger partial charge is 0.381 e. The second-order valence-electron chi connectivity index (χ2n) is 6.97. The van der Waals surface area contributed by atoms with Gasteiger partial charge in [-0.25, -0.2) is 13.4 Å². The van der Waals surface area contributed by atoms with Crippen LogP contribution >= 0.6 is 34.3 Å². The Hall–Kier alpha value is -1.19. The number of nitrogens with zero attached hydrogens (tertiary/aromatic N) is 1. The van der Waals surface area contributed by atoms with Crippen molar-refractivity contribution in [2.24, 2.45) is 0 Å². The van der Waals surface area contributed by atoms with E-state index in [0.29, 0.717) is 33.1 Å². The van der Waals surface area contributed by atoms with E-state index in [9.17, 15) is 8.42 Å². The van der Waals surface area contributed by atoms with Crippen LogP contribution in [0.4, 0.5) is 5.13 Å². The number of aryl methyl sites for hydroxylation is 1. The van der Waals surface area contributed by atoms with Crippen molar-refractivity contribution in [2.75, 3.05) is 17.9 Å². The molecular weight excluding hydrogens is 424 g/mol. The van der Waals surface area contributed by atoms with Gasteiger partial charge in [0.25, 0.3) is 10.0 Å². The SMILES string of the molecule is Cc1c(S(=O)(=O)Nc2nc(C3(C)CCOCC3)cs2)sc2ccc(Cl)cc12. The summed E-state index contributed by atoms with van der Waals surface area (Å²) < 4.78 is 35.2. The van der Waals surface area contributed by atoms with E-state index in [-0.39, 0.29) is 5.41 Å². The highest BCUT2D eigenvalue weighted by Crippen LogP contribution is 2.38. The van der Waals surface area contributed by atoms with Crippen LogP contribution in [-0.4, -0.2) is 26.6 Å². The summed E-state index contributed by atoms with van der Waals surface area (Å²) in [7, 11) is -3.71. The number of sulfonamides is 1. The van der Waals surface area contributed by atoms with Gasteiger partial charge in [-0.05, 0) is 48.9 Å². The van der Waals surface area contributed by atoms with Crippen LogP contribution in [0.15, 0.2) is 27.8 Å². The van der Waals surface area contributed by atoms with Crippen LogP contribution in [0.25, 0.3) is 10.1 Å². The zero-order valence-corrected chi connectivity index (χ0v) is 18.1. The molecule has 0 aliphatic carbocycles. The third-order valence-corrected chi connectivity index (χ3v) is 9.39. The van der Waals surface area contributed by atoms with Crippen molar-refractivity contribution in [2.45, 2.75) is 36.3 Å². The second-order valence-corrected chi connectivity index (χ2v) is 11.2. The van der Waals surface area contributed by atoms with Crippen molar-refractivity contribution in [3.8, 4) is 0 Å². The summed E-state index contributed by atoms with van der Waals surface area (Å²) in [6, 6.07) is 5.42. The summed E-state index contributed by atoms with van der Waals surface area (Å²) in [4.78, 5) is 4.57. The third kappa shape index (κ3) is 3.61. The van der Waals surface area contributed by atoms with Crippen LogP contribution in [0.1, 0.15) is 31.0 Å². The normalized spacial score (nSPS) is 17.3. The summed E-state index contributed by atoms with van der Waals surface area (Å²) in [5.74, 6) is 0. The Labute approximate surface area is 171 Å². The van der Waals surface area contributed by atoms with E-state index < -0.39 is 10.0 Å². The Bertz CT molecular complexity index is 1100. The minimum absolute atomic E-state index is 0.0667. The van der Waals surface area contributed by atoms with Crippen molar-refractivity contribution in [3.05, 3.63) is 39.9 Å². The summed E-state index contributed by atoms with van der Waals surface area (Å²) in [5.41, 5.74) is 1.56. The molecule has 1 aliphatic heterocycles. The molecule has 0 radical (unpaired) electrons. The molecule has 3 heterocycles. The van der Waals surface area contributed by atoms with Gasteiger partial charge < -0.3 is 4.74 Å². The van der Waals surface area contributed by atoms with Gasteiger partial charge in [0, 0.05) is 33.7 Å². The Morgan fingerprint density at radius 3 is 2.78 bits per heavy atom. The lowest BCUT2D eigenvalue weighted by Gasteiger charge is -2.31. The minimum Gasteiger partial charge on any atom is -0.381 e. The molecule has 1 aliphatic rings. The number of benzene rings is 1. The van der Waals surface area contributed by atoms with Crippen LogP contribution in [0.3, 0.4) is 0 Å². The number of ether oxygens (including phenoxy) is 1. The van der Waals surface area contributed by atoms with Crippen LogP contribution in [0.2, 0.25) is 5.02 Å². The average Bonchev–Trinajstić information content (AvgIpc) is 3.21. The van der Waals surface area contributed by atoms with Crippen LogP contribution in [0, 0.1) is 6.92 Å². The van der Waals surface area contributed by atoms with Gasteiger partial charge in [-0.2, -0.15) is 0 Å². The van der Waals surface area contributed by atoms with E-state index in [2.05, 4.69) is 16.6 Å². The molecular formula is C18H19ClN2O3S3. The van der Waals surface area contributed by atoms with Crippen molar-refractivity contribution < 1.29 is 13.2 Å². The zero-order chi connectivity index (χ0) is 19.2. The summed E-state index contributed by atoms with van der Waals surface area (Å²) >= 11 is 8.62. The third-order valence-electron chi connectivity index (χ3n) is 5.04. The van der Waals surface area contributed by atoms with Crippen molar-refractivity contribution >= 4 is 59.5 Å². The van der Waals surface area contributed by atoms with Crippen LogP contribution in [0.5, 0.6) is 0 Å². The van der Waals surface area contributed by atoms with E-state index in [0.717, 1.165) is 28.6 Å². The Morgan fingerprint density at radius 2 is 2.04 bits per heavy atom. The molecule has 0 bridgehead atoms. The molecule has 27 heavy (non-hydrogen) atoms. The monoisotopic (exact) mass is 442 g/mol. The van der Waals surface area contributed by atoms with E-state index in [1.807, 2.05) is 11.4 Å². The Kier molecular flexibility index (Phi) is 4.97. The molecule has 4 rings (SSSR count). The lowest BCUT2D eigenvalue weighted by Crippen LogP contribution is -2.31. The Morgan fingerprint density at radius 1 is 1.30 bits per heavy atom. The van der Waals surface area contributed by atoms with E-state index in [1.165, 1.54) is 22.7 Å². The highest BCUT2D eigenvalue weighted by atomic mass is 35.5. The number of halogens is 1. The fourth-order valence-electron chi connectivity index (χ4n) is 3.26. The maximum atomic E-state index is 13.0. The van der Waals surface area contributed by atoms with E-state index >= 15 is 0 Å². The summed E-state index contributed by atoms with van der Waals surface area (Å²) in [6.07, 6.45) is 1.78. The topological polar surface area (TPSA) is 68.3 Å². The maximum Gasteiger partial charge on any atom is 0.273 e. The number of rotatable bonds is 4. The van der Waals surface area contributed by atoms with Gasteiger partial charge in [-0.3, -0.25) is 4.72 Å². The standard InChI is InChI=1S/C18H19ClN2O3S3/c1-11-13-9-12(19)3-4-14(13)26-16(11)27(22,23)21-17-20-15(10-25-17)18(2)5-7-24-8-6-18/h3-4,9-10H,5-8H2,1-2H3,(H,20,21). The molecule has 0 saturated carbocycles. The number of nitrogens with one attached hydrogen (secondary N) is 1. The summed E-state index contributed by atoms with van der Waals surface area (Å²) in [5, 5.41) is 3.80. The summed E-state index contributed by atoms with van der Waals surface area (Å²) in [6.45, 7) is 5.38. The van der Waals surface area contributed by atoms with Crippen molar-refractivity contribution in [1.29, 1.82) is 0 Å². The van der Waals surface area contributed by atoms with Crippen molar-refractivity contribution in [3.63, 3.8) is 0 Å².